The number of benzene rings is 1. The number of nitrogens with zero attached hydrogens (tertiary/aromatic N) is 2. The second kappa shape index (κ2) is 5.34. The fourth-order valence-corrected chi connectivity index (χ4v) is 1.46. The average Bonchev–Trinajstić information content (AvgIpc) is 2.44. The predicted octanol–water partition coefficient (Wildman–Crippen LogP) is 2.42. The van der Waals surface area contributed by atoms with Crippen LogP contribution in [0.2, 0.25) is 0 Å². The molecule has 2 aromatic rings. The first-order chi connectivity index (χ1) is 9.11. The number of aromatic nitrogens is 1. The van der Waals surface area contributed by atoms with Crippen LogP contribution in [0.1, 0.15) is 11.1 Å². The molecule has 0 aliphatic carbocycles. The highest BCUT2D eigenvalue weighted by molar-refractivity contribution is 5.96. The Labute approximate surface area is 109 Å². The normalized spacial score (nSPS) is 11.4. The van der Waals surface area contributed by atoms with Crippen LogP contribution in [-0.2, 0) is 0 Å². The number of oxime groups is 1. The minimum atomic E-state index is -0.426. The molecule has 3 N–H and O–H groups in total. The minimum absolute atomic E-state index is 0.0548. The van der Waals surface area contributed by atoms with Gasteiger partial charge in [0.05, 0.1) is 0 Å². The van der Waals surface area contributed by atoms with Gasteiger partial charge in [-0.25, -0.2) is 9.37 Å². The molecule has 0 aliphatic heterocycles. The summed E-state index contributed by atoms with van der Waals surface area (Å²) in [5.74, 6) is -0.159. The van der Waals surface area contributed by atoms with E-state index in [4.69, 9.17) is 15.7 Å². The fraction of sp³-hybridized carbons (Fsp3) is 0.0769. The molecule has 19 heavy (non-hydrogen) atoms. The summed E-state index contributed by atoms with van der Waals surface area (Å²) in [6.45, 7) is 1.65. The van der Waals surface area contributed by atoms with Crippen LogP contribution in [0.5, 0.6) is 11.6 Å². The molecule has 5 nitrogen and oxygen atoms in total. The number of hydrogen-bond acceptors (Lipinski definition) is 4. The standard InChI is InChI=1S/C13H12FN3O2/c1-8-3-2-4-10(12(8)14)19-11-6-5-9(7-16-11)13(15)17-18/h2-7,18H,1H3,(H2,15,17). The third-order valence-electron chi connectivity index (χ3n) is 2.51. The molecular formula is C13H12FN3O2. The summed E-state index contributed by atoms with van der Waals surface area (Å²) in [6, 6.07) is 7.93. The van der Waals surface area contributed by atoms with E-state index in [1.807, 2.05) is 0 Å². The molecule has 1 aromatic carbocycles. The highest BCUT2D eigenvalue weighted by Crippen LogP contribution is 2.24. The summed E-state index contributed by atoms with van der Waals surface area (Å²) in [4.78, 5) is 3.95. The highest BCUT2D eigenvalue weighted by atomic mass is 19.1. The van der Waals surface area contributed by atoms with Crippen molar-refractivity contribution in [3.8, 4) is 11.6 Å². The second-order valence-electron chi connectivity index (χ2n) is 3.86. The third kappa shape index (κ3) is 2.79. The van der Waals surface area contributed by atoms with Crippen molar-refractivity contribution in [2.45, 2.75) is 6.92 Å². The second-order valence-corrected chi connectivity index (χ2v) is 3.86. The Balaban J connectivity index is 2.22. The number of amidine groups is 1. The van der Waals surface area contributed by atoms with Gasteiger partial charge in [-0.2, -0.15) is 0 Å². The quantitative estimate of drug-likeness (QED) is 0.385. The first kappa shape index (κ1) is 12.8. The molecule has 6 heteroatoms. The zero-order valence-corrected chi connectivity index (χ0v) is 10.2. The maximum Gasteiger partial charge on any atom is 0.219 e. The number of halogens is 1. The van der Waals surface area contributed by atoms with Crippen LogP contribution in [0.4, 0.5) is 4.39 Å². The Hall–Kier alpha value is -2.63. The van der Waals surface area contributed by atoms with Crippen LogP contribution in [0.3, 0.4) is 0 Å². The van der Waals surface area contributed by atoms with Crippen molar-refractivity contribution in [1.29, 1.82) is 0 Å². The largest absolute Gasteiger partial charge is 0.436 e. The van der Waals surface area contributed by atoms with E-state index in [0.717, 1.165) is 0 Å². The Morgan fingerprint density at radius 1 is 1.37 bits per heavy atom. The zero-order chi connectivity index (χ0) is 13.8. The number of nitrogens with two attached hydrogens (primary N) is 1. The van der Waals surface area contributed by atoms with Gasteiger partial charge in [-0.15, -0.1) is 0 Å². The molecule has 0 spiro atoms. The Morgan fingerprint density at radius 3 is 2.79 bits per heavy atom. The predicted molar refractivity (Wildman–Crippen MR) is 68.0 cm³/mol. The van der Waals surface area contributed by atoms with E-state index < -0.39 is 5.82 Å². The maximum absolute atomic E-state index is 13.7. The minimum Gasteiger partial charge on any atom is -0.436 e. The van der Waals surface area contributed by atoms with E-state index in [1.54, 1.807) is 25.1 Å². The molecule has 0 amide bonds. The van der Waals surface area contributed by atoms with Gasteiger partial charge >= 0.3 is 0 Å². The molecule has 0 atom stereocenters. The van der Waals surface area contributed by atoms with Crippen molar-refractivity contribution in [2.75, 3.05) is 0 Å². The number of pyridine rings is 1. The molecule has 1 heterocycles. The van der Waals surface area contributed by atoms with Crippen LogP contribution in [0.25, 0.3) is 0 Å². The van der Waals surface area contributed by atoms with Gasteiger partial charge in [-0.05, 0) is 24.6 Å². The first-order valence-corrected chi connectivity index (χ1v) is 5.48. The van der Waals surface area contributed by atoms with E-state index >= 15 is 0 Å². The lowest BCUT2D eigenvalue weighted by Crippen LogP contribution is -2.13. The number of ether oxygens (including phenoxy) is 1. The molecule has 1 aromatic heterocycles. The Kier molecular flexibility index (Phi) is 3.61. The van der Waals surface area contributed by atoms with E-state index in [2.05, 4.69) is 10.1 Å². The number of hydrogen-bond donors (Lipinski definition) is 2. The topological polar surface area (TPSA) is 80.7 Å². The molecule has 0 saturated carbocycles. The Morgan fingerprint density at radius 2 is 2.16 bits per heavy atom. The van der Waals surface area contributed by atoms with Crippen LogP contribution in [-0.4, -0.2) is 16.0 Å². The molecule has 0 fully saturated rings. The van der Waals surface area contributed by atoms with E-state index in [0.29, 0.717) is 11.1 Å². The molecule has 98 valence electrons. The molecule has 0 aliphatic rings. The lowest BCUT2D eigenvalue weighted by Gasteiger charge is -2.07. The Bertz CT molecular complexity index is 612. The van der Waals surface area contributed by atoms with Crippen molar-refractivity contribution < 1.29 is 14.3 Å². The monoisotopic (exact) mass is 261 g/mol. The van der Waals surface area contributed by atoms with Gasteiger partial charge in [0, 0.05) is 17.8 Å². The van der Waals surface area contributed by atoms with Gasteiger partial charge in [0.25, 0.3) is 0 Å². The van der Waals surface area contributed by atoms with Crippen molar-refractivity contribution >= 4 is 5.84 Å². The van der Waals surface area contributed by atoms with Gasteiger partial charge in [0.1, 0.15) is 0 Å². The SMILES string of the molecule is Cc1cccc(Oc2ccc(/C(N)=N/O)cn2)c1F. The average molecular weight is 261 g/mol. The summed E-state index contributed by atoms with van der Waals surface area (Å²) >= 11 is 0. The van der Waals surface area contributed by atoms with Gasteiger partial charge in [0.2, 0.25) is 5.88 Å². The van der Waals surface area contributed by atoms with E-state index in [9.17, 15) is 4.39 Å². The molecule has 0 bridgehead atoms. The van der Waals surface area contributed by atoms with Crippen molar-refractivity contribution in [3.63, 3.8) is 0 Å². The summed E-state index contributed by atoms with van der Waals surface area (Å²) in [5.41, 5.74) is 6.34. The van der Waals surface area contributed by atoms with E-state index in [-0.39, 0.29) is 17.5 Å². The van der Waals surface area contributed by atoms with Crippen LogP contribution in [0.15, 0.2) is 41.7 Å². The third-order valence-corrected chi connectivity index (χ3v) is 2.51. The molecule has 0 saturated heterocycles. The van der Waals surface area contributed by atoms with Crippen molar-refractivity contribution in [1.82, 2.24) is 4.98 Å². The van der Waals surface area contributed by atoms with Crippen LogP contribution >= 0.6 is 0 Å². The summed E-state index contributed by atoms with van der Waals surface area (Å²) in [7, 11) is 0. The number of aryl methyl sites for hydroxylation is 1. The first-order valence-electron chi connectivity index (χ1n) is 5.48. The van der Waals surface area contributed by atoms with Crippen molar-refractivity contribution in [3.05, 3.63) is 53.5 Å². The lowest BCUT2D eigenvalue weighted by atomic mass is 10.2. The van der Waals surface area contributed by atoms with Gasteiger partial charge in [-0.3, -0.25) is 0 Å². The fourth-order valence-electron chi connectivity index (χ4n) is 1.46. The highest BCUT2D eigenvalue weighted by Gasteiger charge is 2.08. The van der Waals surface area contributed by atoms with Gasteiger partial charge in [0.15, 0.2) is 17.4 Å². The summed E-state index contributed by atoms with van der Waals surface area (Å²) in [5, 5.41) is 11.4. The van der Waals surface area contributed by atoms with Crippen molar-refractivity contribution in [2.24, 2.45) is 10.9 Å². The molecular weight excluding hydrogens is 249 g/mol. The molecule has 0 unspecified atom stereocenters. The van der Waals surface area contributed by atoms with Gasteiger partial charge in [-0.1, -0.05) is 17.3 Å². The molecule has 2 rings (SSSR count). The van der Waals surface area contributed by atoms with Crippen LogP contribution < -0.4 is 10.5 Å². The van der Waals surface area contributed by atoms with E-state index in [1.165, 1.54) is 18.3 Å². The lowest BCUT2D eigenvalue weighted by molar-refractivity contribution is 0.318. The summed E-state index contributed by atoms with van der Waals surface area (Å²) in [6.07, 6.45) is 1.37. The zero-order valence-electron chi connectivity index (χ0n) is 10.2. The van der Waals surface area contributed by atoms with Crippen LogP contribution in [0, 0.1) is 12.7 Å². The smallest absolute Gasteiger partial charge is 0.219 e. The molecule has 0 radical (unpaired) electrons. The van der Waals surface area contributed by atoms with Gasteiger partial charge < -0.3 is 15.7 Å². The maximum atomic E-state index is 13.7. The number of rotatable bonds is 3. The summed E-state index contributed by atoms with van der Waals surface area (Å²) < 4.78 is 19.1.